The van der Waals surface area contributed by atoms with Crippen LogP contribution in [0.4, 0.5) is 5.82 Å². The van der Waals surface area contributed by atoms with Crippen molar-refractivity contribution < 1.29 is 9.53 Å². The van der Waals surface area contributed by atoms with Gasteiger partial charge in [0.25, 0.3) is 0 Å². The smallest absolute Gasteiger partial charge is 0.249 e. The number of amides is 1. The van der Waals surface area contributed by atoms with Crippen molar-refractivity contribution >= 4 is 17.8 Å². The summed E-state index contributed by atoms with van der Waals surface area (Å²) in [5.74, 6) is 1.24. The van der Waals surface area contributed by atoms with Gasteiger partial charge in [-0.15, -0.1) is 0 Å². The highest BCUT2D eigenvalue weighted by Gasteiger charge is 2.05. The van der Waals surface area contributed by atoms with Crippen molar-refractivity contribution in [3.8, 4) is 5.75 Å². The van der Waals surface area contributed by atoms with Crippen LogP contribution in [0.25, 0.3) is 6.08 Å². The lowest BCUT2D eigenvalue weighted by Crippen LogP contribution is -2.13. The number of methoxy groups -OCH3 is 1. The lowest BCUT2D eigenvalue weighted by atomic mass is 10.2. The molecule has 0 fully saturated rings. The van der Waals surface area contributed by atoms with Crippen molar-refractivity contribution in [3.05, 3.63) is 84.1 Å². The van der Waals surface area contributed by atoms with Crippen LogP contribution in [0.5, 0.6) is 5.75 Å². The summed E-state index contributed by atoms with van der Waals surface area (Å²) >= 11 is 0. The van der Waals surface area contributed by atoms with Gasteiger partial charge in [0.1, 0.15) is 11.6 Å². The maximum Gasteiger partial charge on any atom is 0.249 e. The molecule has 0 unspecified atom stereocenters. The largest absolute Gasteiger partial charge is 0.497 e. The highest BCUT2D eigenvalue weighted by atomic mass is 16.5. The molecule has 1 aromatic heterocycles. The first kappa shape index (κ1) is 16.5. The molecule has 1 amide bonds. The quantitative estimate of drug-likeness (QED) is 0.701. The van der Waals surface area contributed by atoms with Crippen LogP contribution in [-0.2, 0) is 11.3 Å². The predicted octanol–water partition coefficient (Wildman–Crippen LogP) is 3.59. The summed E-state index contributed by atoms with van der Waals surface area (Å²) in [5, 5.41) is 7.12. The number of carbonyl (C=O) groups is 1. The fourth-order valence-corrected chi connectivity index (χ4v) is 2.38. The van der Waals surface area contributed by atoms with Gasteiger partial charge in [0.05, 0.1) is 19.9 Å². The number of nitrogens with one attached hydrogen (secondary N) is 1. The van der Waals surface area contributed by atoms with E-state index in [1.165, 1.54) is 6.08 Å². The number of ether oxygens (including phenoxy) is 1. The summed E-state index contributed by atoms with van der Waals surface area (Å²) < 4.78 is 6.87. The fraction of sp³-hybridized carbons (Fsp3) is 0.100. The minimum atomic E-state index is -0.203. The second-order valence-electron chi connectivity index (χ2n) is 5.46. The molecular weight excluding hydrogens is 314 g/mol. The first-order valence-corrected chi connectivity index (χ1v) is 7.93. The van der Waals surface area contributed by atoms with E-state index in [9.17, 15) is 4.79 Å². The molecular formula is C20H19N3O2. The lowest BCUT2D eigenvalue weighted by molar-refractivity contribution is -0.111. The molecule has 0 spiro atoms. The highest BCUT2D eigenvalue weighted by Crippen LogP contribution is 2.13. The molecule has 1 N–H and O–H groups in total. The molecule has 0 radical (unpaired) electrons. The van der Waals surface area contributed by atoms with Gasteiger partial charge in [0, 0.05) is 12.1 Å². The summed E-state index contributed by atoms with van der Waals surface area (Å²) in [5.41, 5.74) is 2.05. The Bertz CT molecular complexity index is 852. The van der Waals surface area contributed by atoms with Gasteiger partial charge in [-0.2, -0.15) is 5.10 Å². The molecule has 0 bridgehead atoms. The molecule has 0 atom stereocenters. The topological polar surface area (TPSA) is 56.1 Å². The Morgan fingerprint density at radius 1 is 1.12 bits per heavy atom. The second kappa shape index (κ2) is 7.97. The molecule has 5 heteroatoms. The van der Waals surface area contributed by atoms with E-state index in [4.69, 9.17) is 4.74 Å². The SMILES string of the molecule is COc1ccc(/C=C/C(=O)Nc2ccnn2Cc2ccccc2)cc1. The summed E-state index contributed by atoms with van der Waals surface area (Å²) in [6.45, 7) is 0.603. The molecule has 126 valence electrons. The van der Waals surface area contributed by atoms with Crippen LogP contribution in [0.1, 0.15) is 11.1 Å². The molecule has 3 aromatic rings. The first-order valence-electron chi connectivity index (χ1n) is 7.93. The van der Waals surface area contributed by atoms with Crippen LogP contribution in [0.2, 0.25) is 0 Å². The maximum atomic E-state index is 12.1. The summed E-state index contributed by atoms with van der Waals surface area (Å²) in [6, 6.07) is 19.3. The van der Waals surface area contributed by atoms with Crippen LogP contribution in [0.3, 0.4) is 0 Å². The minimum absolute atomic E-state index is 0.203. The van der Waals surface area contributed by atoms with Crippen LogP contribution < -0.4 is 10.1 Å². The molecule has 1 heterocycles. The number of hydrogen-bond acceptors (Lipinski definition) is 3. The zero-order chi connectivity index (χ0) is 17.5. The Kier molecular flexibility index (Phi) is 5.26. The van der Waals surface area contributed by atoms with E-state index in [-0.39, 0.29) is 5.91 Å². The summed E-state index contributed by atoms with van der Waals surface area (Å²) in [4.78, 5) is 12.1. The van der Waals surface area contributed by atoms with Crippen LogP contribution in [0, 0.1) is 0 Å². The third kappa shape index (κ3) is 4.57. The van der Waals surface area contributed by atoms with Gasteiger partial charge in [0.2, 0.25) is 5.91 Å². The van der Waals surface area contributed by atoms with Gasteiger partial charge in [-0.3, -0.25) is 4.79 Å². The van der Waals surface area contributed by atoms with E-state index in [1.54, 1.807) is 30.1 Å². The Morgan fingerprint density at radius 3 is 2.60 bits per heavy atom. The zero-order valence-electron chi connectivity index (χ0n) is 13.9. The number of carbonyl (C=O) groups excluding carboxylic acids is 1. The monoisotopic (exact) mass is 333 g/mol. The molecule has 0 saturated carbocycles. The van der Waals surface area contributed by atoms with E-state index in [0.717, 1.165) is 16.9 Å². The van der Waals surface area contributed by atoms with Crippen molar-refractivity contribution in [1.82, 2.24) is 9.78 Å². The van der Waals surface area contributed by atoms with Gasteiger partial charge in [-0.1, -0.05) is 42.5 Å². The molecule has 2 aromatic carbocycles. The standard InChI is InChI=1S/C20H19N3O2/c1-25-18-10-7-16(8-11-18)9-12-20(24)22-19-13-14-21-23(19)15-17-5-3-2-4-6-17/h2-14H,15H2,1H3,(H,22,24)/b12-9+. The average Bonchev–Trinajstić information content (AvgIpc) is 3.08. The average molecular weight is 333 g/mol. The van der Waals surface area contributed by atoms with Crippen molar-refractivity contribution in [2.24, 2.45) is 0 Å². The molecule has 0 aliphatic carbocycles. The Labute approximate surface area is 146 Å². The van der Waals surface area contributed by atoms with Crippen molar-refractivity contribution in [1.29, 1.82) is 0 Å². The Morgan fingerprint density at radius 2 is 1.88 bits per heavy atom. The third-order valence-electron chi connectivity index (χ3n) is 3.69. The normalized spacial score (nSPS) is 10.8. The highest BCUT2D eigenvalue weighted by molar-refractivity contribution is 6.01. The minimum Gasteiger partial charge on any atom is -0.497 e. The number of aromatic nitrogens is 2. The van der Waals surface area contributed by atoms with Gasteiger partial charge in [-0.25, -0.2) is 4.68 Å². The van der Waals surface area contributed by atoms with E-state index < -0.39 is 0 Å². The maximum absolute atomic E-state index is 12.1. The first-order chi connectivity index (χ1) is 12.2. The fourth-order valence-electron chi connectivity index (χ4n) is 2.38. The van der Waals surface area contributed by atoms with Crippen LogP contribution >= 0.6 is 0 Å². The van der Waals surface area contributed by atoms with Crippen LogP contribution in [-0.4, -0.2) is 22.8 Å². The number of anilines is 1. The summed E-state index contributed by atoms with van der Waals surface area (Å²) in [6.07, 6.45) is 4.93. The lowest BCUT2D eigenvalue weighted by Gasteiger charge is -2.07. The number of benzene rings is 2. The number of nitrogens with zero attached hydrogens (tertiary/aromatic N) is 2. The van der Waals surface area contributed by atoms with E-state index in [0.29, 0.717) is 12.4 Å². The van der Waals surface area contributed by atoms with Gasteiger partial charge in [0.15, 0.2) is 0 Å². The molecule has 0 saturated heterocycles. The molecule has 3 rings (SSSR count). The molecule has 25 heavy (non-hydrogen) atoms. The Hall–Kier alpha value is -3.34. The number of hydrogen-bond donors (Lipinski definition) is 1. The van der Waals surface area contributed by atoms with E-state index in [2.05, 4.69) is 10.4 Å². The van der Waals surface area contributed by atoms with Gasteiger partial charge < -0.3 is 10.1 Å². The van der Waals surface area contributed by atoms with Gasteiger partial charge in [-0.05, 0) is 29.3 Å². The predicted molar refractivity (Wildman–Crippen MR) is 98.4 cm³/mol. The second-order valence-corrected chi connectivity index (χ2v) is 5.46. The van der Waals surface area contributed by atoms with Crippen molar-refractivity contribution in [2.75, 3.05) is 12.4 Å². The Balaban J connectivity index is 1.63. The third-order valence-corrected chi connectivity index (χ3v) is 3.69. The van der Waals surface area contributed by atoms with Crippen molar-refractivity contribution in [3.63, 3.8) is 0 Å². The molecule has 5 nitrogen and oxygen atoms in total. The summed E-state index contributed by atoms with van der Waals surface area (Å²) in [7, 11) is 1.62. The zero-order valence-corrected chi connectivity index (χ0v) is 13.9. The van der Waals surface area contributed by atoms with E-state index in [1.807, 2.05) is 54.6 Å². The molecule has 0 aliphatic heterocycles. The number of rotatable bonds is 6. The van der Waals surface area contributed by atoms with E-state index >= 15 is 0 Å². The van der Waals surface area contributed by atoms with Crippen LogP contribution in [0.15, 0.2) is 72.9 Å². The van der Waals surface area contributed by atoms with Crippen molar-refractivity contribution in [2.45, 2.75) is 6.54 Å². The van der Waals surface area contributed by atoms with Gasteiger partial charge >= 0.3 is 0 Å². The molecule has 0 aliphatic rings.